The van der Waals surface area contributed by atoms with Crippen molar-refractivity contribution in [3.63, 3.8) is 0 Å². The maximum Gasteiger partial charge on any atom is 0.303 e. The molecule has 1 aliphatic carbocycles. The molecule has 0 unspecified atom stereocenters. The van der Waals surface area contributed by atoms with E-state index in [9.17, 15) is 14.4 Å². The van der Waals surface area contributed by atoms with E-state index >= 15 is 0 Å². The topological polar surface area (TPSA) is 80.7 Å². The molecule has 0 fully saturated rings. The van der Waals surface area contributed by atoms with E-state index in [0.29, 0.717) is 19.3 Å². The monoisotopic (exact) mass is 350 g/mol. The third-order valence-corrected chi connectivity index (χ3v) is 4.41. The molecule has 1 rings (SSSR count). The number of hydrogen-bond acceptors (Lipinski definition) is 4. The number of hydrogen-bond donors (Lipinski definition) is 1. The van der Waals surface area contributed by atoms with Gasteiger partial charge in [0.05, 0.1) is 0 Å². The van der Waals surface area contributed by atoms with Gasteiger partial charge in [-0.2, -0.15) is 0 Å². The lowest BCUT2D eigenvalue weighted by Gasteiger charge is -2.16. The van der Waals surface area contributed by atoms with E-state index < -0.39 is 5.97 Å². The lowest BCUT2D eigenvalue weighted by molar-refractivity contribution is -0.149. The highest BCUT2D eigenvalue weighted by atomic mass is 16.5. The molecule has 1 N–H and O–H groups in total. The van der Waals surface area contributed by atoms with Gasteiger partial charge >= 0.3 is 11.9 Å². The number of esters is 1. The number of carbonyl (C=O) groups is 3. The van der Waals surface area contributed by atoms with E-state index in [1.165, 1.54) is 12.5 Å². The number of carbonyl (C=O) groups excluding carboxylic acids is 2. The van der Waals surface area contributed by atoms with Crippen molar-refractivity contribution in [2.45, 2.75) is 84.2 Å². The van der Waals surface area contributed by atoms with Crippen molar-refractivity contribution < 1.29 is 24.2 Å². The Morgan fingerprint density at radius 1 is 1.20 bits per heavy atom. The number of aliphatic carboxylic acids is 1. The SMILES string of the molecule is CC/C=C/CC1=C(CCCC[C@@H](CCC(=O)O)OC(C)=O)CCC1=O. The van der Waals surface area contributed by atoms with Crippen molar-refractivity contribution in [3.05, 3.63) is 23.3 Å². The van der Waals surface area contributed by atoms with Crippen LogP contribution in [0.1, 0.15) is 78.1 Å². The first kappa shape index (κ1) is 21.1. The van der Waals surface area contributed by atoms with Crippen molar-refractivity contribution in [3.8, 4) is 0 Å². The average Bonchev–Trinajstić information content (AvgIpc) is 2.89. The van der Waals surface area contributed by atoms with Crippen LogP contribution in [0, 0.1) is 0 Å². The Hall–Kier alpha value is -1.91. The minimum Gasteiger partial charge on any atom is -0.481 e. The molecule has 140 valence electrons. The summed E-state index contributed by atoms with van der Waals surface area (Å²) in [6, 6.07) is 0. The van der Waals surface area contributed by atoms with Crippen LogP contribution in [0.15, 0.2) is 23.3 Å². The molecule has 0 spiro atoms. The number of ether oxygens (including phenoxy) is 1. The minimum atomic E-state index is -0.878. The van der Waals surface area contributed by atoms with Crippen LogP contribution in [0.4, 0.5) is 0 Å². The Bertz CT molecular complexity index is 530. The number of ketones is 1. The van der Waals surface area contributed by atoms with Crippen LogP contribution in [0.2, 0.25) is 0 Å². The zero-order valence-corrected chi connectivity index (χ0v) is 15.4. The zero-order valence-electron chi connectivity index (χ0n) is 15.4. The summed E-state index contributed by atoms with van der Waals surface area (Å²) in [5.41, 5.74) is 2.24. The maximum atomic E-state index is 12.0. The second-order valence-electron chi connectivity index (χ2n) is 6.50. The van der Waals surface area contributed by atoms with Gasteiger partial charge in [0.25, 0.3) is 0 Å². The standard InChI is InChI=1S/C20H30O5/c1-3-4-5-10-18-16(11-13-19(18)22)8-6-7-9-17(25-15(2)21)12-14-20(23)24/h4-5,17H,3,6-14H2,1-2H3,(H,23,24)/b5-4+/t17-/m0/s1. The van der Waals surface area contributed by atoms with Gasteiger partial charge in [-0.3, -0.25) is 14.4 Å². The first-order valence-corrected chi connectivity index (χ1v) is 9.22. The third-order valence-electron chi connectivity index (χ3n) is 4.41. The number of carboxylic acids is 1. The Morgan fingerprint density at radius 2 is 1.96 bits per heavy atom. The fourth-order valence-electron chi connectivity index (χ4n) is 3.16. The maximum absolute atomic E-state index is 12.0. The summed E-state index contributed by atoms with van der Waals surface area (Å²) in [5, 5.41) is 8.77. The molecule has 25 heavy (non-hydrogen) atoms. The smallest absolute Gasteiger partial charge is 0.303 e. The van der Waals surface area contributed by atoms with Gasteiger partial charge in [0, 0.05) is 19.8 Å². The van der Waals surface area contributed by atoms with Crippen LogP contribution >= 0.6 is 0 Å². The zero-order chi connectivity index (χ0) is 18.7. The number of carboxylic acid groups (broad SMARTS) is 1. The van der Waals surface area contributed by atoms with Crippen LogP contribution < -0.4 is 0 Å². The molecule has 0 aromatic carbocycles. The average molecular weight is 350 g/mol. The largest absolute Gasteiger partial charge is 0.481 e. The molecule has 0 aromatic heterocycles. The fraction of sp³-hybridized carbons (Fsp3) is 0.650. The molecule has 1 aliphatic rings. The van der Waals surface area contributed by atoms with E-state index in [0.717, 1.165) is 44.1 Å². The van der Waals surface area contributed by atoms with Crippen molar-refractivity contribution in [2.75, 3.05) is 0 Å². The van der Waals surface area contributed by atoms with Crippen molar-refractivity contribution in [1.29, 1.82) is 0 Å². The summed E-state index contributed by atoms with van der Waals surface area (Å²) in [7, 11) is 0. The van der Waals surface area contributed by atoms with Gasteiger partial charge in [0.15, 0.2) is 5.78 Å². The molecule has 5 nitrogen and oxygen atoms in total. The van der Waals surface area contributed by atoms with Gasteiger partial charge in [-0.15, -0.1) is 0 Å². The normalized spacial score (nSPS) is 15.8. The number of unbranched alkanes of at least 4 members (excludes halogenated alkanes) is 1. The summed E-state index contributed by atoms with van der Waals surface area (Å²) in [4.78, 5) is 33.8. The second kappa shape index (κ2) is 11.6. The number of rotatable bonds is 12. The summed E-state index contributed by atoms with van der Waals surface area (Å²) >= 11 is 0. The van der Waals surface area contributed by atoms with Gasteiger partial charge in [-0.1, -0.05) is 24.6 Å². The van der Waals surface area contributed by atoms with Gasteiger partial charge in [0.1, 0.15) is 6.10 Å². The molecule has 5 heteroatoms. The quantitative estimate of drug-likeness (QED) is 0.321. The molecular weight excluding hydrogens is 320 g/mol. The predicted octanol–water partition coefficient (Wildman–Crippen LogP) is 4.36. The highest BCUT2D eigenvalue weighted by molar-refractivity contribution is 5.98. The Kier molecular flexibility index (Phi) is 9.81. The lowest BCUT2D eigenvalue weighted by Crippen LogP contribution is -2.17. The van der Waals surface area contributed by atoms with Crippen LogP contribution in [0.5, 0.6) is 0 Å². The van der Waals surface area contributed by atoms with Gasteiger partial charge in [-0.25, -0.2) is 0 Å². The molecule has 0 heterocycles. The van der Waals surface area contributed by atoms with Crippen LogP contribution in [-0.4, -0.2) is 28.9 Å². The summed E-state index contributed by atoms with van der Waals surface area (Å²) in [5.74, 6) is -0.976. The first-order valence-electron chi connectivity index (χ1n) is 9.22. The first-order chi connectivity index (χ1) is 11.9. The molecule has 0 aromatic rings. The number of allylic oxidation sites excluding steroid dienone is 4. The molecule has 0 saturated carbocycles. The number of Topliss-reactive ketones (excluding diaryl/α,β-unsaturated/α-hetero) is 1. The van der Waals surface area contributed by atoms with Gasteiger partial charge < -0.3 is 9.84 Å². The van der Waals surface area contributed by atoms with Gasteiger partial charge in [-0.05, 0) is 56.9 Å². The van der Waals surface area contributed by atoms with Crippen molar-refractivity contribution in [1.82, 2.24) is 0 Å². The molecule has 0 amide bonds. The third kappa shape index (κ3) is 8.66. The van der Waals surface area contributed by atoms with E-state index in [2.05, 4.69) is 19.1 Å². The van der Waals surface area contributed by atoms with Crippen molar-refractivity contribution in [2.24, 2.45) is 0 Å². The van der Waals surface area contributed by atoms with Crippen LogP contribution in [-0.2, 0) is 19.1 Å². The highest BCUT2D eigenvalue weighted by Gasteiger charge is 2.21. The molecule has 1 atom stereocenters. The van der Waals surface area contributed by atoms with E-state index in [4.69, 9.17) is 9.84 Å². The minimum absolute atomic E-state index is 0.00547. The van der Waals surface area contributed by atoms with E-state index in [-0.39, 0.29) is 24.3 Å². The fourth-order valence-corrected chi connectivity index (χ4v) is 3.16. The summed E-state index contributed by atoms with van der Waals surface area (Å²) < 4.78 is 5.20. The Labute approximate surface area is 150 Å². The summed E-state index contributed by atoms with van der Waals surface area (Å²) in [6.07, 6.45) is 10.7. The lowest BCUT2D eigenvalue weighted by atomic mass is 9.99. The van der Waals surface area contributed by atoms with Gasteiger partial charge in [0.2, 0.25) is 0 Å². The molecule has 0 bridgehead atoms. The summed E-state index contributed by atoms with van der Waals surface area (Å²) in [6.45, 7) is 3.42. The van der Waals surface area contributed by atoms with Crippen LogP contribution in [0.3, 0.4) is 0 Å². The van der Waals surface area contributed by atoms with Crippen LogP contribution in [0.25, 0.3) is 0 Å². The molecular formula is C20H30O5. The Balaban J connectivity index is 2.44. The molecule has 0 radical (unpaired) electrons. The Morgan fingerprint density at radius 3 is 2.60 bits per heavy atom. The molecule has 0 aliphatic heterocycles. The second-order valence-corrected chi connectivity index (χ2v) is 6.50. The van der Waals surface area contributed by atoms with E-state index in [1.807, 2.05) is 0 Å². The van der Waals surface area contributed by atoms with E-state index in [1.54, 1.807) is 0 Å². The van der Waals surface area contributed by atoms with Crippen molar-refractivity contribution >= 4 is 17.7 Å². The molecule has 0 saturated heterocycles. The predicted molar refractivity (Wildman–Crippen MR) is 96.2 cm³/mol. The highest BCUT2D eigenvalue weighted by Crippen LogP contribution is 2.30.